The minimum Gasteiger partial charge on any atom is -0.480 e. The molecule has 1 fully saturated rings. The van der Waals surface area contributed by atoms with Crippen molar-refractivity contribution < 1.29 is 32.6 Å². The standard InChI is InChI=1S/C25H19ClF3NO4/c26-19-7-3-1-6-18(19)20-13-14-21(24(32)33)30(20)23(31)16-11-9-15(10-12-16)17-5-2-4-8-22(17)34-25(27,28)29/h1-12,20-21H,13-14H2,(H,32,33)/t20-,21+/m1/s1. The molecule has 0 aromatic heterocycles. The lowest BCUT2D eigenvalue weighted by Crippen LogP contribution is -2.41. The molecule has 1 saturated heterocycles. The highest BCUT2D eigenvalue weighted by atomic mass is 35.5. The second-order valence-electron chi connectivity index (χ2n) is 7.80. The number of rotatable bonds is 5. The van der Waals surface area contributed by atoms with Gasteiger partial charge in [0.25, 0.3) is 5.91 Å². The van der Waals surface area contributed by atoms with Gasteiger partial charge in [-0.05, 0) is 48.2 Å². The summed E-state index contributed by atoms with van der Waals surface area (Å²) in [6.45, 7) is 0. The molecule has 1 heterocycles. The van der Waals surface area contributed by atoms with E-state index in [2.05, 4.69) is 4.74 Å². The first-order valence-corrected chi connectivity index (χ1v) is 10.8. The van der Waals surface area contributed by atoms with Gasteiger partial charge in [-0.3, -0.25) is 4.79 Å². The van der Waals surface area contributed by atoms with Gasteiger partial charge in [-0.15, -0.1) is 13.2 Å². The summed E-state index contributed by atoms with van der Waals surface area (Å²) >= 11 is 6.32. The average molecular weight is 490 g/mol. The van der Waals surface area contributed by atoms with Crippen LogP contribution in [0.15, 0.2) is 72.8 Å². The number of likely N-dealkylation sites (tertiary alicyclic amines) is 1. The van der Waals surface area contributed by atoms with Crippen molar-refractivity contribution in [2.75, 3.05) is 0 Å². The van der Waals surface area contributed by atoms with E-state index in [1.165, 1.54) is 47.4 Å². The number of halogens is 4. The van der Waals surface area contributed by atoms with Crippen LogP contribution in [-0.4, -0.2) is 34.3 Å². The quantitative estimate of drug-likeness (QED) is 0.454. The first-order chi connectivity index (χ1) is 16.2. The highest BCUT2D eigenvalue weighted by molar-refractivity contribution is 6.31. The minimum atomic E-state index is -4.85. The Kier molecular flexibility index (Phi) is 6.52. The van der Waals surface area contributed by atoms with Crippen LogP contribution in [0.25, 0.3) is 11.1 Å². The smallest absolute Gasteiger partial charge is 0.480 e. The molecule has 5 nitrogen and oxygen atoms in total. The molecule has 1 amide bonds. The second-order valence-corrected chi connectivity index (χ2v) is 8.21. The molecule has 1 aliphatic rings. The Labute approximate surface area is 198 Å². The lowest BCUT2D eigenvalue weighted by atomic mass is 10.0. The SMILES string of the molecule is O=C(O)[C@@H]1CC[C@H](c2ccccc2Cl)N1C(=O)c1ccc(-c2ccccc2OC(F)(F)F)cc1. The van der Waals surface area contributed by atoms with E-state index in [9.17, 15) is 27.9 Å². The van der Waals surface area contributed by atoms with Gasteiger partial charge in [0.1, 0.15) is 11.8 Å². The molecule has 0 saturated carbocycles. The third kappa shape index (κ3) is 4.87. The van der Waals surface area contributed by atoms with Crippen molar-refractivity contribution in [1.82, 2.24) is 4.90 Å². The van der Waals surface area contributed by atoms with Crippen LogP contribution >= 0.6 is 11.6 Å². The number of aliphatic carboxylic acids is 1. The lowest BCUT2D eigenvalue weighted by molar-refractivity contribution is -0.274. The number of alkyl halides is 3. The highest BCUT2D eigenvalue weighted by Crippen LogP contribution is 2.40. The number of carbonyl (C=O) groups excluding carboxylic acids is 1. The van der Waals surface area contributed by atoms with Gasteiger partial charge < -0.3 is 14.7 Å². The van der Waals surface area contributed by atoms with Crippen molar-refractivity contribution in [2.45, 2.75) is 31.3 Å². The highest BCUT2D eigenvalue weighted by Gasteiger charge is 2.42. The summed E-state index contributed by atoms with van der Waals surface area (Å²) in [4.78, 5) is 26.6. The molecule has 4 rings (SSSR count). The normalized spacial score (nSPS) is 18.1. The monoisotopic (exact) mass is 489 g/mol. The molecule has 0 aliphatic carbocycles. The maximum absolute atomic E-state index is 13.4. The Morgan fingerprint density at radius 3 is 2.24 bits per heavy atom. The van der Waals surface area contributed by atoms with Crippen molar-refractivity contribution in [2.24, 2.45) is 0 Å². The zero-order chi connectivity index (χ0) is 24.5. The molecule has 34 heavy (non-hydrogen) atoms. The molecule has 3 aromatic carbocycles. The fourth-order valence-corrected chi connectivity index (χ4v) is 4.51. The van der Waals surface area contributed by atoms with Gasteiger partial charge in [-0.2, -0.15) is 0 Å². The van der Waals surface area contributed by atoms with Gasteiger partial charge in [-0.25, -0.2) is 4.79 Å². The maximum Gasteiger partial charge on any atom is 0.573 e. The predicted octanol–water partition coefficient (Wildman–Crippen LogP) is 6.34. The van der Waals surface area contributed by atoms with Crippen LogP contribution in [0.2, 0.25) is 5.02 Å². The van der Waals surface area contributed by atoms with Crippen LogP contribution in [0.1, 0.15) is 34.8 Å². The molecule has 1 aliphatic heterocycles. The number of hydrogen-bond acceptors (Lipinski definition) is 3. The van der Waals surface area contributed by atoms with Crippen molar-refractivity contribution in [3.63, 3.8) is 0 Å². The number of benzene rings is 3. The van der Waals surface area contributed by atoms with Crippen molar-refractivity contribution in [3.8, 4) is 16.9 Å². The van der Waals surface area contributed by atoms with Crippen molar-refractivity contribution in [3.05, 3.63) is 88.9 Å². The molecule has 9 heteroatoms. The average Bonchev–Trinajstić information content (AvgIpc) is 3.24. The van der Waals surface area contributed by atoms with Gasteiger partial charge in [0.05, 0.1) is 6.04 Å². The Hall–Kier alpha value is -3.52. The van der Waals surface area contributed by atoms with Crippen LogP contribution in [0.4, 0.5) is 13.2 Å². The van der Waals surface area contributed by atoms with Crippen LogP contribution in [-0.2, 0) is 4.79 Å². The summed E-state index contributed by atoms with van der Waals surface area (Å²) in [7, 11) is 0. The number of hydrogen-bond donors (Lipinski definition) is 1. The van der Waals surface area contributed by atoms with Crippen LogP contribution in [0.3, 0.4) is 0 Å². The maximum atomic E-state index is 13.4. The van der Waals surface area contributed by atoms with E-state index in [1.807, 2.05) is 0 Å². The number of carboxylic acid groups (broad SMARTS) is 1. The zero-order valence-electron chi connectivity index (χ0n) is 17.6. The number of carboxylic acids is 1. The molecule has 0 bridgehead atoms. The van der Waals surface area contributed by atoms with Gasteiger partial charge in [-0.1, -0.05) is 60.1 Å². The van der Waals surface area contributed by atoms with Gasteiger partial charge >= 0.3 is 12.3 Å². The molecule has 2 atom stereocenters. The molecule has 0 spiro atoms. The van der Waals surface area contributed by atoms with Crippen LogP contribution < -0.4 is 4.74 Å². The number of ether oxygens (including phenoxy) is 1. The number of amides is 1. The molecule has 0 unspecified atom stereocenters. The second kappa shape index (κ2) is 9.38. The summed E-state index contributed by atoms with van der Waals surface area (Å²) in [5, 5.41) is 10.1. The van der Waals surface area contributed by atoms with E-state index >= 15 is 0 Å². The van der Waals surface area contributed by atoms with Gasteiger partial charge in [0.2, 0.25) is 0 Å². The predicted molar refractivity (Wildman–Crippen MR) is 120 cm³/mol. The van der Waals surface area contributed by atoms with Gasteiger partial charge in [0, 0.05) is 16.1 Å². The first kappa shape index (κ1) is 23.6. The fraction of sp³-hybridized carbons (Fsp3) is 0.200. The van der Waals surface area contributed by atoms with Crippen molar-refractivity contribution >= 4 is 23.5 Å². The Morgan fingerprint density at radius 2 is 1.59 bits per heavy atom. The molecular formula is C25H19ClF3NO4. The van der Waals surface area contributed by atoms with E-state index < -0.39 is 30.3 Å². The van der Waals surface area contributed by atoms with E-state index in [4.69, 9.17) is 11.6 Å². The van der Waals surface area contributed by atoms with E-state index in [1.54, 1.807) is 30.3 Å². The van der Waals surface area contributed by atoms with E-state index in [0.717, 1.165) is 0 Å². The molecular weight excluding hydrogens is 471 g/mol. The third-order valence-electron chi connectivity index (χ3n) is 5.72. The number of para-hydroxylation sites is 1. The topological polar surface area (TPSA) is 66.8 Å². The third-order valence-corrected chi connectivity index (χ3v) is 6.07. The van der Waals surface area contributed by atoms with Crippen LogP contribution in [0.5, 0.6) is 5.75 Å². The Morgan fingerprint density at radius 1 is 0.941 bits per heavy atom. The lowest BCUT2D eigenvalue weighted by Gasteiger charge is -2.29. The van der Waals surface area contributed by atoms with Gasteiger partial charge in [0.15, 0.2) is 0 Å². The summed E-state index contributed by atoms with van der Waals surface area (Å²) in [5.41, 5.74) is 1.49. The van der Waals surface area contributed by atoms with Crippen LogP contribution in [0, 0.1) is 0 Å². The summed E-state index contributed by atoms with van der Waals surface area (Å²) in [6, 6.07) is 17.1. The van der Waals surface area contributed by atoms with Crippen molar-refractivity contribution in [1.29, 1.82) is 0 Å². The Bertz CT molecular complexity index is 1210. The fourth-order valence-electron chi connectivity index (χ4n) is 4.25. The summed E-state index contributed by atoms with van der Waals surface area (Å²) < 4.78 is 42.4. The number of nitrogens with zero attached hydrogens (tertiary/aromatic N) is 1. The summed E-state index contributed by atoms with van der Waals surface area (Å²) in [5.74, 6) is -1.97. The molecule has 176 valence electrons. The largest absolute Gasteiger partial charge is 0.573 e. The summed E-state index contributed by atoms with van der Waals surface area (Å²) in [6.07, 6.45) is -4.13. The molecule has 0 radical (unpaired) electrons. The zero-order valence-corrected chi connectivity index (χ0v) is 18.4. The number of carbonyl (C=O) groups is 2. The molecule has 1 N–H and O–H groups in total. The van der Waals surface area contributed by atoms with E-state index in [-0.39, 0.29) is 23.3 Å². The first-order valence-electron chi connectivity index (χ1n) is 10.4. The molecule has 3 aromatic rings. The van der Waals surface area contributed by atoms with E-state index in [0.29, 0.717) is 22.6 Å². The minimum absolute atomic E-state index is 0.206. The Balaban J connectivity index is 1.65.